The van der Waals surface area contributed by atoms with E-state index in [1.165, 1.54) is 27.1 Å². The maximum Gasteiger partial charge on any atom is 0.216 e. The highest BCUT2D eigenvalue weighted by atomic mass is 16.3. The van der Waals surface area contributed by atoms with Gasteiger partial charge in [-0.2, -0.15) is 0 Å². The summed E-state index contributed by atoms with van der Waals surface area (Å²) in [6.45, 7) is 6.83. The van der Waals surface area contributed by atoms with Gasteiger partial charge in [-0.15, -0.1) is 0 Å². The second-order valence-electron chi connectivity index (χ2n) is 11.8. The van der Waals surface area contributed by atoms with Gasteiger partial charge in [-0.25, -0.2) is 4.57 Å². The normalized spacial score (nSPS) is 17.6. The van der Waals surface area contributed by atoms with Crippen molar-refractivity contribution in [3.63, 3.8) is 0 Å². The highest BCUT2D eigenvalue weighted by molar-refractivity contribution is 6.17. The Kier molecular flexibility index (Phi) is 4.74. The Morgan fingerprint density at radius 2 is 1.62 bits per heavy atom. The zero-order chi connectivity index (χ0) is 26.2. The fourth-order valence-corrected chi connectivity index (χ4v) is 6.31. The van der Waals surface area contributed by atoms with Gasteiger partial charge in [0.05, 0.1) is 5.56 Å². The number of hydrogen-bond acceptors (Lipinski definition) is 1. The maximum atomic E-state index is 9.39. The molecule has 7 rings (SSSR count). The smallest absolute Gasteiger partial charge is 0.216 e. The van der Waals surface area contributed by atoms with Crippen LogP contribution in [0.15, 0.2) is 83.4 Å². The number of aromatic nitrogens is 1. The van der Waals surface area contributed by atoms with Crippen LogP contribution in [0.3, 0.4) is 0 Å². The van der Waals surface area contributed by atoms with Gasteiger partial charge in [0.15, 0.2) is 6.20 Å². The molecule has 2 aromatic heterocycles. The van der Waals surface area contributed by atoms with Crippen molar-refractivity contribution >= 4 is 43.5 Å². The van der Waals surface area contributed by atoms with Crippen LogP contribution in [0.2, 0.25) is 0 Å². The van der Waals surface area contributed by atoms with Gasteiger partial charge >= 0.3 is 0 Å². The van der Waals surface area contributed by atoms with Crippen molar-refractivity contribution in [1.82, 2.24) is 0 Å². The third-order valence-corrected chi connectivity index (χ3v) is 8.73. The standard InChI is InChI=1S/C35H34NO/c1-22-9-12-28-30-19-26-11-10-24-7-5-6-8-27(24)29(26)21-32(30)37-34(28)33(22)31-20-25(15-18-36(31)4)23-13-16-35(2,3)17-14-23/h5-12,15,18-21,23H,13-14,16-17H2,1-4H3/q+1/i23D. The highest BCUT2D eigenvalue weighted by Crippen LogP contribution is 2.44. The lowest BCUT2D eigenvalue weighted by atomic mass is 9.71. The Morgan fingerprint density at radius 1 is 0.838 bits per heavy atom. The van der Waals surface area contributed by atoms with E-state index < -0.39 is 5.89 Å². The third-order valence-electron chi connectivity index (χ3n) is 8.73. The van der Waals surface area contributed by atoms with Crippen LogP contribution in [0.5, 0.6) is 0 Å². The largest absolute Gasteiger partial charge is 0.455 e. The fraction of sp³-hybridized carbons (Fsp3) is 0.286. The van der Waals surface area contributed by atoms with Crippen molar-refractivity contribution in [2.75, 3.05) is 0 Å². The number of fused-ring (bicyclic) bond motifs is 6. The molecule has 0 radical (unpaired) electrons. The molecule has 0 aliphatic heterocycles. The van der Waals surface area contributed by atoms with Gasteiger partial charge in [-0.3, -0.25) is 0 Å². The third kappa shape index (κ3) is 3.65. The SMILES string of the molecule is [2H]C1(c2cc[n+](C)c(-c3c(C)ccc4c3oc3cc5c(ccc6ccccc65)cc34)c2)CCC(C)(C)CC1. The molecule has 0 spiro atoms. The molecule has 1 aliphatic carbocycles. The average molecular weight is 486 g/mol. The number of rotatable bonds is 2. The Labute approximate surface area is 219 Å². The summed E-state index contributed by atoms with van der Waals surface area (Å²) in [5.74, 6) is -0.535. The van der Waals surface area contributed by atoms with Gasteiger partial charge in [0, 0.05) is 24.3 Å². The Bertz CT molecular complexity index is 1880. The van der Waals surface area contributed by atoms with Crippen molar-refractivity contribution < 1.29 is 10.4 Å². The summed E-state index contributed by atoms with van der Waals surface area (Å²) in [5, 5.41) is 7.22. The minimum absolute atomic E-state index is 0.331. The molecule has 184 valence electrons. The Balaban J connectivity index is 1.44. The van der Waals surface area contributed by atoms with Crippen molar-refractivity contribution in [3.05, 3.63) is 90.1 Å². The summed E-state index contributed by atoms with van der Waals surface area (Å²) < 4.78 is 18.3. The molecule has 0 bridgehead atoms. The molecular formula is C35H34NO+. The molecule has 2 heteroatoms. The molecule has 0 N–H and O–H groups in total. The lowest BCUT2D eigenvalue weighted by molar-refractivity contribution is -0.660. The van der Waals surface area contributed by atoms with E-state index >= 15 is 0 Å². The first-order chi connectivity index (χ1) is 18.2. The summed E-state index contributed by atoms with van der Waals surface area (Å²) >= 11 is 0. The van der Waals surface area contributed by atoms with Gasteiger partial charge in [0.1, 0.15) is 18.2 Å². The number of aryl methyl sites for hydroxylation is 2. The Hall–Kier alpha value is -3.65. The van der Waals surface area contributed by atoms with Crippen LogP contribution in [-0.4, -0.2) is 0 Å². The van der Waals surface area contributed by atoms with Gasteiger partial charge in [-0.1, -0.05) is 62.4 Å². The number of furan rings is 1. The quantitative estimate of drug-likeness (QED) is 0.176. The molecule has 1 saturated carbocycles. The molecule has 6 aromatic rings. The summed E-state index contributed by atoms with van der Waals surface area (Å²) in [5.41, 5.74) is 6.71. The second-order valence-corrected chi connectivity index (χ2v) is 11.8. The van der Waals surface area contributed by atoms with Crippen molar-refractivity contribution in [2.24, 2.45) is 12.5 Å². The summed E-state index contributed by atoms with van der Waals surface area (Å²) in [4.78, 5) is 0. The predicted octanol–water partition coefficient (Wildman–Crippen LogP) is 9.38. The van der Waals surface area contributed by atoms with Crippen LogP contribution in [0.4, 0.5) is 0 Å². The maximum absolute atomic E-state index is 9.39. The van der Waals surface area contributed by atoms with Crippen LogP contribution < -0.4 is 4.57 Å². The molecule has 0 amide bonds. The molecule has 4 aromatic carbocycles. The molecule has 2 nitrogen and oxygen atoms in total. The number of nitrogens with zero attached hydrogens (tertiary/aromatic N) is 1. The van der Waals surface area contributed by atoms with Gasteiger partial charge < -0.3 is 4.42 Å². The average Bonchev–Trinajstić information content (AvgIpc) is 3.27. The van der Waals surface area contributed by atoms with E-state index in [2.05, 4.69) is 111 Å². The van der Waals surface area contributed by atoms with E-state index in [-0.39, 0.29) is 0 Å². The molecule has 37 heavy (non-hydrogen) atoms. The number of benzene rings is 4. The first-order valence-electron chi connectivity index (χ1n) is 14.0. The predicted molar refractivity (Wildman–Crippen MR) is 155 cm³/mol. The minimum atomic E-state index is -0.535. The zero-order valence-corrected chi connectivity index (χ0v) is 22.2. The molecule has 1 fully saturated rings. The summed E-state index contributed by atoms with van der Waals surface area (Å²) in [6.07, 6.45) is 6.12. The number of hydrogen-bond donors (Lipinski definition) is 0. The van der Waals surface area contributed by atoms with Gasteiger partial charge in [0.25, 0.3) is 0 Å². The van der Waals surface area contributed by atoms with Crippen LogP contribution in [0, 0.1) is 12.3 Å². The fourth-order valence-electron chi connectivity index (χ4n) is 6.31. The highest BCUT2D eigenvalue weighted by Gasteiger charge is 2.29. The van der Waals surface area contributed by atoms with Crippen LogP contribution in [0.25, 0.3) is 54.7 Å². The van der Waals surface area contributed by atoms with E-state index in [1.807, 2.05) is 0 Å². The van der Waals surface area contributed by atoms with Crippen molar-refractivity contribution in [1.29, 1.82) is 0 Å². The van der Waals surface area contributed by atoms with Crippen molar-refractivity contribution in [2.45, 2.75) is 52.3 Å². The minimum Gasteiger partial charge on any atom is -0.455 e. The van der Waals surface area contributed by atoms with E-state index in [9.17, 15) is 1.37 Å². The van der Waals surface area contributed by atoms with E-state index in [0.717, 1.165) is 64.4 Å². The summed E-state index contributed by atoms with van der Waals surface area (Å²) in [7, 11) is 2.10. The molecular weight excluding hydrogens is 450 g/mol. The van der Waals surface area contributed by atoms with Gasteiger partial charge in [0.2, 0.25) is 5.69 Å². The first kappa shape index (κ1) is 21.4. The van der Waals surface area contributed by atoms with E-state index in [0.29, 0.717) is 5.41 Å². The first-order valence-corrected chi connectivity index (χ1v) is 13.5. The van der Waals surface area contributed by atoms with Crippen molar-refractivity contribution in [3.8, 4) is 11.3 Å². The van der Waals surface area contributed by atoms with Crippen LogP contribution in [-0.2, 0) is 7.05 Å². The van der Waals surface area contributed by atoms with Gasteiger partial charge in [-0.05, 0) is 88.7 Å². The molecule has 0 unspecified atom stereocenters. The van der Waals surface area contributed by atoms with Crippen LogP contribution in [0.1, 0.15) is 57.9 Å². The molecule has 0 saturated heterocycles. The topological polar surface area (TPSA) is 17.0 Å². The molecule has 1 aliphatic rings. The Morgan fingerprint density at radius 3 is 2.46 bits per heavy atom. The number of pyridine rings is 1. The van der Waals surface area contributed by atoms with Crippen LogP contribution >= 0.6 is 0 Å². The van der Waals surface area contributed by atoms with E-state index in [1.54, 1.807) is 0 Å². The zero-order valence-electron chi connectivity index (χ0n) is 23.2. The monoisotopic (exact) mass is 485 g/mol. The van der Waals surface area contributed by atoms with E-state index in [4.69, 9.17) is 4.42 Å². The second kappa shape index (κ2) is 8.18. The lowest BCUT2D eigenvalue weighted by Crippen LogP contribution is -2.31. The molecule has 0 atom stereocenters. The summed E-state index contributed by atoms with van der Waals surface area (Å²) in [6, 6.07) is 26.3. The lowest BCUT2D eigenvalue weighted by Gasteiger charge is -2.34. The molecule has 2 heterocycles.